The van der Waals surface area contributed by atoms with Crippen molar-refractivity contribution in [1.82, 2.24) is 24.1 Å². The summed E-state index contributed by atoms with van der Waals surface area (Å²) in [7, 11) is 0. The molecule has 4 heterocycles. The molecule has 202 valence electrons. The van der Waals surface area contributed by atoms with Crippen LogP contribution in [0.1, 0.15) is 39.7 Å². The lowest BCUT2D eigenvalue weighted by atomic mass is 10.0. The Hall–Kier alpha value is -5.75. The van der Waals surface area contributed by atoms with Gasteiger partial charge in [-0.3, -0.25) is 19.1 Å². The first-order valence-electron chi connectivity index (χ1n) is 12.9. The molecule has 0 atom stereocenters. The van der Waals surface area contributed by atoms with Gasteiger partial charge in [0.2, 0.25) is 0 Å². The van der Waals surface area contributed by atoms with Crippen molar-refractivity contribution in [2.24, 2.45) is 5.73 Å². The first kappa shape index (κ1) is 26.8. The van der Waals surface area contributed by atoms with Gasteiger partial charge in [-0.25, -0.2) is 9.50 Å². The van der Waals surface area contributed by atoms with Crippen LogP contribution >= 0.6 is 0 Å². The van der Waals surface area contributed by atoms with Crippen molar-refractivity contribution in [1.29, 1.82) is 0 Å². The Morgan fingerprint density at radius 3 is 2.49 bits per heavy atom. The Morgan fingerprint density at radius 1 is 0.976 bits per heavy atom. The highest BCUT2D eigenvalue weighted by Crippen LogP contribution is 2.20. The number of anilines is 1. The molecule has 0 aliphatic heterocycles. The van der Waals surface area contributed by atoms with Crippen molar-refractivity contribution in [3.05, 3.63) is 130 Å². The average molecular weight is 542 g/mol. The molecule has 9 heteroatoms. The van der Waals surface area contributed by atoms with Crippen molar-refractivity contribution in [2.45, 2.75) is 20.3 Å². The van der Waals surface area contributed by atoms with Gasteiger partial charge in [-0.15, -0.1) is 5.10 Å². The predicted molar refractivity (Wildman–Crippen MR) is 160 cm³/mol. The van der Waals surface area contributed by atoms with Crippen LogP contribution in [0.25, 0.3) is 22.1 Å². The number of aromatic nitrogens is 5. The quantitative estimate of drug-likeness (QED) is 0.325. The zero-order chi connectivity index (χ0) is 28.9. The van der Waals surface area contributed by atoms with Gasteiger partial charge >= 0.3 is 0 Å². The summed E-state index contributed by atoms with van der Waals surface area (Å²) in [5, 5.41) is 5.44. The maximum absolute atomic E-state index is 13.5. The largest absolute Gasteiger partial charge is 0.381 e. The third-order valence-electron chi connectivity index (χ3n) is 6.54. The van der Waals surface area contributed by atoms with E-state index in [1.807, 2.05) is 61.5 Å². The molecule has 0 aliphatic carbocycles. The average Bonchev–Trinajstić information content (AvgIpc) is 3.33. The molecule has 0 spiro atoms. The maximum atomic E-state index is 13.5. The highest BCUT2D eigenvalue weighted by Gasteiger charge is 2.15. The lowest BCUT2D eigenvalue weighted by Crippen LogP contribution is -2.22. The molecular weight excluding hydrogens is 514 g/mol. The third kappa shape index (κ3) is 5.40. The molecule has 6 rings (SSSR count). The van der Waals surface area contributed by atoms with Gasteiger partial charge < -0.3 is 11.5 Å². The summed E-state index contributed by atoms with van der Waals surface area (Å²) < 4.78 is 3.21. The van der Waals surface area contributed by atoms with Crippen LogP contribution in [0.5, 0.6) is 0 Å². The molecule has 41 heavy (non-hydrogen) atoms. The van der Waals surface area contributed by atoms with Gasteiger partial charge in [-0.1, -0.05) is 49.1 Å². The molecule has 2 aromatic carbocycles. The van der Waals surface area contributed by atoms with E-state index in [1.165, 1.54) is 4.52 Å². The number of hydrogen-bond donors (Lipinski definition) is 2. The zero-order valence-electron chi connectivity index (χ0n) is 22.6. The van der Waals surface area contributed by atoms with E-state index in [1.54, 1.807) is 35.4 Å². The van der Waals surface area contributed by atoms with E-state index in [-0.39, 0.29) is 16.9 Å². The SMILES string of the molecule is CCc1cc2cccc(C#Cc3cnccc3C)c2c(=O)n1-c1ccccc1.NC(=O)c1c(N)nn2cccnc12. The number of nitrogen functional groups attached to an aromatic ring is 1. The summed E-state index contributed by atoms with van der Waals surface area (Å²) in [5.41, 5.74) is 15.6. The van der Waals surface area contributed by atoms with Crippen molar-refractivity contribution in [3.8, 4) is 17.5 Å². The lowest BCUT2D eigenvalue weighted by molar-refractivity contribution is 0.100. The van der Waals surface area contributed by atoms with E-state index in [2.05, 4.69) is 39.9 Å². The van der Waals surface area contributed by atoms with Crippen LogP contribution in [0.15, 0.2) is 96.3 Å². The second-order valence-electron chi connectivity index (χ2n) is 9.19. The first-order chi connectivity index (χ1) is 19.9. The van der Waals surface area contributed by atoms with Crippen LogP contribution < -0.4 is 17.0 Å². The number of amides is 1. The number of rotatable bonds is 3. The number of carbonyl (C=O) groups is 1. The molecule has 0 saturated heterocycles. The fraction of sp³-hybridized carbons (Fsp3) is 0.0938. The van der Waals surface area contributed by atoms with Crippen LogP contribution in [-0.4, -0.2) is 30.1 Å². The molecule has 4 N–H and O–H groups in total. The van der Waals surface area contributed by atoms with E-state index in [0.717, 1.165) is 39.9 Å². The Kier molecular flexibility index (Phi) is 7.56. The number of benzene rings is 2. The first-order valence-corrected chi connectivity index (χ1v) is 12.9. The molecule has 0 radical (unpaired) electrons. The number of hydrogen-bond acceptors (Lipinski definition) is 6. The highest BCUT2D eigenvalue weighted by atomic mass is 16.1. The minimum Gasteiger partial charge on any atom is -0.381 e. The molecule has 9 nitrogen and oxygen atoms in total. The summed E-state index contributed by atoms with van der Waals surface area (Å²) in [6.07, 6.45) is 7.47. The van der Waals surface area contributed by atoms with Crippen molar-refractivity contribution < 1.29 is 4.79 Å². The van der Waals surface area contributed by atoms with E-state index in [9.17, 15) is 9.59 Å². The molecule has 0 fully saturated rings. The van der Waals surface area contributed by atoms with E-state index >= 15 is 0 Å². The Balaban J connectivity index is 0.000000216. The summed E-state index contributed by atoms with van der Waals surface area (Å²) in [4.78, 5) is 32.5. The number of nitrogens with two attached hydrogens (primary N) is 2. The van der Waals surface area contributed by atoms with E-state index in [4.69, 9.17) is 11.5 Å². The lowest BCUT2D eigenvalue weighted by Gasteiger charge is -2.14. The Bertz CT molecular complexity index is 2020. The van der Waals surface area contributed by atoms with Gasteiger partial charge in [0.15, 0.2) is 11.5 Å². The fourth-order valence-electron chi connectivity index (χ4n) is 4.51. The molecule has 1 amide bonds. The molecule has 0 bridgehead atoms. The number of nitrogens with zero attached hydrogens (tertiary/aromatic N) is 5. The number of pyridine rings is 2. The van der Waals surface area contributed by atoms with Gasteiger partial charge in [-0.05, 0) is 60.7 Å². The van der Waals surface area contributed by atoms with Gasteiger partial charge in [0.25, 0.3) is 11.5 Å². The van der Waals surface area contributed by atoms with Crippen molar-refractivity contribution >= 4 is 28.1 Å². The highest BCUT2D eigenvalue weighted by molar-refractivity contribution is 6.03. The summed E-state index contributed by atoms with van der Waals surface area (Å²) in [5.74, 6) is 5.86. The van der Waals surface area contributed by atoms with Crippen molar-refractivity contribution in [2.75, 3.05) is 5.73 Å². The zero-order valence-corrected chi connectivity index (χ0v) is 22.6. The van der Waals surface area contributed by atoms with Gasteiger partial charge in [0.1, 0.15) is 5.56 Å². The van der Waals surface area contributed by atoms with Crippen molar-refractivity contribution in [3.63, 3.8) is 0 Å². The number of fused-ring (bicyclic) bond motifs is 2. The predicted octanol–water partition coefficient (Wildman–Crippen LogP) is 4.07. The minimum absolute atomic E-state index is 0.0339. The monoisotopic (exact) mass is 541 g/mol. The minimum atomic E-state index is -0.619. The number of carbonyl (C=O) groups excluding carboxylic acids is 1. The number of para-hydroxylation sites is 1. The normalized spacial score (nSPS) is 10.5. The fourth-order valence-corrected chi connectivity index (χ4v) is 4.51. The van der Waals surface area contributed by atoms with Gasteiger partial charge in [0, 0.05) is 47.3 Å². The summed E-state index contributed by atoms with van der Waals surface area (Å²) in [6.45, 7) is 4.07. The Labute approximate surface area is 236 Å². The third-order valence-corrected chi connectivity index (χ3v) is 6.54. The van der Waals surface area contributed by atoms with E-state index < -0.39 is 5.91 Å². The Morgan fingerprint density at radius 2 is 1.76 bits per heavy atom. The second-order valence-corrected chi connectivity index (χ2v) is 9.19. The summed E-state index contributed by atoms with van der Waals surface area (Å²) in [6, 6.07) is 21.3. The molecular formula is C32H27N7O2. The molecule has 0 unspecified atom stereocenters. The topological polar surface area (TPSA) is 134 Å². The molecule has 6 aromatic rings. The van der Waals surface area contributed by atoms with Crippen LogP contribution in [0.3, 0.4) is 0 Å². The van der Waals surface area contributed by atoms with Crippen LogP contribution in [0.4, 0.5) is 5.82 Å². The molecule has 0 saturated carbocycles. The molecule has 0 aliphatic rings. The van der Waals surface area contributed by atoms with Gasteiger partial charge in [0.05, 0.1) is 5.39 Å². The summed E-state index contributed by atoms with van der Waals surface area (Å²) >= 11 is 0. The van der Waals surface area contributed by atoms with Crippen LogP contribution in [-0.2, 0) is 6.42 Å². The molecule has 4 aromatic heterocycles. The number of primary amides is 1. The standard InChI is InChI=1S/C25H20N2O.C7H7N5O/c1-3-22-16-20-9-7-8-19(12-13-21-17-26-15-14-18(21)2)24(20)25(28)27(22)23-10-5-4-6-11-23;8-5-4(6(9)13)7-10-2-1-3-12(7)11-5/h4-11,14-17H,3H2,1-2H3;1-3H,(H2,8,11)(H2,9,13). The number of aryl methyl sites for hydroxylation is 2. The van der Waals surface area contributed by atoms with Crippen LogP contribution in [0.2, 0.25) is 0 Å². The second kappa shape index (κ2) is 11.6. The van der Waals surface area contributed by atoms with E-state index in [0.29, 0.717) is 11.0 Å². The smallest absolute Gasteiger partial charge is 0.264 e. The maximum Gasteiger partial charge on any atom is 0.264 e. The van der Waals surface area contributed by atoms with Crippen LogP contribution in [0, 0.1) is 18.8 Å². The van der Waals surface area contributed by atoms with Gasteiger partial charge in [-0.2, -0.15) is 0 Å².